The van der Waals surface area contributed by atoms with Crippen LogP contribution in [-0.2, 0) is 4.79 Å². The second-order valence-electron chi connectivity index (χ2n) is 3.59. The van der Waals surface area contributed by atoms with Gasteiger partial charge >= 0.3 is 29.6 Å². The summed E-state index contributed by atoms with van der Waals surface area (Å²) in [4.78, 5) is 10.6. The average molecular weight is 231 g/mol. The van der Waals surface area contributed by atoms with Crippen LogP contribution in [0.2, 0.25) is 0 Å². The maximum atomic E-state index is 10.6. The predicted molar refractivity (Wildman–Crippen MR) is 45.6 cm³/mol. The second-order valence-corrected chi connectivity index (χ2v) is 4.24. The Kier molecular flexibility index (Phi) is 4.82. The van der Waals surface area contributed by atoms with Crippen LogP contribution in [0.1, 0.15) is 13.8 Å². The molecule has 0 radical (unpaired) electrons. The molecule has 1 aliphatic rings. The van der Waals surface area contributed by atoms with Crippen molar-refractivity contribution in [1.82, 2.24) is 0 Å². The van der Waals surface area contributed by atoms with E-state index in [1.165, 1.54) is 5.54 Å². The van der Waals surface area contributed by atoms with Gasteiger partial charge in [0.2, 0.25) is 0 Å². The van der Waals surface area contributed by atoms with Crippen LogP contribution in [0.3, 0.4) is 0 Å². The minimum Gasteiger partial charge on any atom is -0.550 e. The Bertz CT molecular complexity index is 251. The number of halogens is 2. The summed E-state index contributed by atoms with van der Waals surface area (Å²) in [6, 6.07) is 0. The number of hydrogen-bond donors (Lipinski definition) is 0. The molecule has 0 amide bonds. The van der Waals surface area contributed by atoms with Crippen molar-refractivity contribution in [3.05, 3.63) is 10.6 Å². The molecule has 13 heavy (non-hydrogen) atoms. The summed E-state index contributed by atoms with van der Waals surface area (Å²) < 4.78 is 0. The molecule has 1 fully saturated rings. The van der Waals surface area contributed by atoms with Gasteiger partial charge in [-0.05, 0) is 5.41 Å². The van der Waals surface area contributed by atoms with Gasteiger partial charge in [-0.3, -0.25) is 0 Å². The fraction of sp³-hybridized carbons (Fsp3) is 0.625. The quantitative estimate of drug-likeness (QED) is 0.533. The third-order valence-electron chi connectivity index (χ3n) is 2.48. The van der Waals surface area contributed by atoms with E-state index in [2.05, 4.69) is 0 Å². The summed E-state index contributed by atoms with van der Waals surface area (Å²) in [5, 5.41) is 11.0. The second kappa shape index (κ2) is 4.54. The van der Waals surface area contributed by atoms with Crippen LogP contribution in [-0.4, -0.2) is 5.97 Å². The zero-order chi connectivity index (χ0) is 9.52. The fourth-order valence-electron chi connectivity index (χ4n) is 1.66. The Balaban J connectivity index is 0.00000144. The minimum absolute atomic E-state index is 0. The van der Waals surface area contributed by atoms with E-state index in [9.17, 15) is 9.90 Å². The normalized spacial score (nSPS) is 30.6. The zero-order valence-corrected chi connectivity index (χ0v) is 11.3. The number of carbonyl (C=O) groups excluding carboxylic acids is 1. The van der Waals surface area contributed by atoms with Crippen molar-refractivity contribution in [1.29, 1.82) is 0 Å². The molecule has 0 heterocycles. The van der Waals surface area contributed by atoms with Gasteiger partial charge in [0.1, 0.15) is 0 Å². The van der Waals surface area contributed by atoms with E-state index in [0.29, 0.717) is 5.03 Å². The third-order valence-corrected chi connectivity index (χ3v) is 3.17. The Morgan fingerprint density at radius 1 is 1.46 bits per heavy atom. The first-order valence-corrected chi connectivity index (χ1v) is 4.41. The number of allylic oxidation sites excluding steroid dienone is 1. The Morgan fingerprint density at radius 3 is 2.15 bits per heavy atom. The van der Waals surface area contributed by atoms with Crippen LogP contribution in [0.5, 0.6) is 0 Å². The van der Waals surface area contributed by atoms with Gasteiger partial charge in [0.05, 0.1) is 0 Å². The van der Waals surface area contributed by atoms with Crippen LogP contribution in [0.15, 0.2) is 10.6 Å². The van der Waals surface area contributed by atoms with Gasteiger partial charge in [-0.15, -0.1) is 0 Å². The fourth-order valence-corrected chi connectivity index (χ4v) is 2.20. The summed E-state index contributed by atoms with van der Waals surface area (Å²) in [6.45, 7) is 3.67. The molecule has 0 aliphatic heterocycles. The molecule has 2 nitrogen and oxygen atoms in total. The van der Waals surface area contributed by atoms with Crippen LogP contribution >= 0.6 is 23.2 Å². The molecule has 68 valence electrons. The molecule has 0 bridgehead atoms. The molecular formula is C8H9Cl2NaO2. The van der Waals surface area contributed by atoms with Gasteiger partial charge < -0.3 is 9.90 Å². The largest absolute Gasteiger partial charge is 1.00 e. The number of hydrogen-bond acceptors (Lipinski definition) is 2. The molecular weight excluding hydrogens is 222 g/mol. The van der Waals surface area contributed by atoms with Crippen LogP contribution in [0, 0.1) is 17.3 Å². The molecule has 1 saturated carbocycles. The minimum atomic E-state index is -1.05. The Morgan fingerprint density at radius 2 is 1.92 bits per heavy atom. The van der Waals surface area contributed by atoms with E-state index in [-0.39, 0.29) is 40.9 Å². The van der Waals surface area contributed by atoms with Crippen molar-refractivity contribution in [2.75, 3.05) is 0 Å². The van der Waals surface area contributed by atoms with Gasteiger partial charge in [-0.2, -0.15) is 0 Å². The number of carboxylic acids is 1. The summed E-state index contributed by atoms with van der Waals surface area (Å²) in [5.41, 5.74) is 0.901. The van der Waals surface area contributed by atoms with E-state index in [0.717, 1.165) is 0 Å². The topological polar surface area (TPSA) is 40.1 Å². The van der Waals surface area contributed by atoms with Crippen molar-refractivity contribution < 1.29 is 39.5 Å². The SMILES string of the molecule is CC1(C)C(C(=O)[O-])C1C(Cl)=CCl.[Na+]. The van der Waals surface area contributed by atoms with E-state index >= 15 is 0 Å². The average Bonchev–Trinajstić information content (AvgIpc) is 2.52. The summed E-state index contributed by atoms with van der Waals surface area (Å²) in [7, 11) is 0. The Hall–Kier alpha value is 0.790. The number of carbonyl (C=O) groups is 1. The molecule has 2 atom stereocenters. The molecule has 0 aromatic rings. The summed E-state index contributed by atoms with van der Waals surface area (Å²) >= 11 is 11.1. The maximum absolute atomic E-state index is 10.6. The smallest absolute Gasteiger partial charge is 0.550 e. The van der Waals surface area contributed by atoms with Gasteiger partial charge in [0.15, 0.2) is 0 Å². The molecule has 1 aliphatic carbocycles. The van der Waals surface area contributed by atoms with Gasteiger partial charge in [0, 0.05) is 28.4 Å². The van der Waals surface area contributed by atoms with Crippen molar-refractivity contribution in [2.45, 2.75) is 13.8 Å². The van der Waals surface area contributed by atoms with Gasteiger partial charge in [-0.1, -0.05) is 37.0 Å². The first kappa shape index (κ1) is 13.8. The number of aliphatic carboxylic acids is 1. The summed E-state index contributed by atoms with van der Waals surface area (Å²) in [6.07, 6.45) is 0. The first-order valence-electron chi connectivity index (χ1n) is 3.59. The van der Waals surface area contributed by atoms with Crippen molar-refractivity contribution >= 4 is 29.2 Å². The van der Waals surface area contributed by atoms with Gasteiger partial charge in [0.25, 0.3) is 0 Å². The molecule has 1 rings (SSSR count). The molecule has 0 spiro atoms. The third kappa shape index (κ3) is 2.42. The monoisotopic (exact) mass is 230 g/mol. The zero-order valence-electron chi connectivity index (χ0n) is 7.80. The van der Waals surface area contributed by atoms with Crippen molar-refractivity contribution in [3.8, 4) is 0 Å². The summed E-state index contributed by atoms with van der Waals surface area (Å²) in [5.74, 6) is -1.73. The predicted octanol–water partition coefficient (Wildman–Crippen LogP) is -1.67. The molecule has 2 unspecified atom stereocenters. The molecule has 0 saturated heterocycles. The molecule has 0 N–H and O–H groups in total. The Labute approximate surface area is 110 Å². The number of rotatable bonds is 2. The van der Waals surface area contributed by atoms with Crippen LogP contribution < -0.4 is 34.7 Å². The van der Waals surface area contributed by atoms with Gasteiger partial charge in [-0.25, -0.2) is 0 Å². The van der Waals surface area contributed by atoms with E-state index < -0.39 is 11.9 Å². The van der Waals surface area contributed by atoms with Crippen LogP contribution in [0.25, 0.3) is 0 Å². The van der Waals surface area contributed by atoms with Crippen molar-refractivity contribution in [3.63, 3.8) is 0 Å². The molecule has 0 aromatic heterocycles. The molecule has 0 aromatic carbocycles. The van der Waals surface area contributed by atoms with E-state index in [1.54, 1.807) is 0 Å². The number of carboxylic acid groups (broad SMARTS) is 1. The first-order chi connectivity index (χ1) is 5.42. The standard InChI is InChI=1S/C8H10Cl2O2.Na/c1-8(2)5(4(10)3-9)6(8)7(11)12;/h3,5-6H,1-2H3,(H,11,12);/q;+1/p-1. The van der Waals surface area contributed by atoms with Crippen molar-refractivity contribution in [2.24, 2.45) is 17.3 Å². The van der Waals surface area contributed by atoms with E-state index in [1.807, 2.05) is 13.8 Å². The molecule has 5 heteroatoms. The maximum Gasteiger partial charge on any atom is 1.00 e. The van der Waals surface area contributed by atoms with E-state index in [4.69, 9.17) is 23.2 Å². The van der Waals surface area contributed by atoms with Crippen LogP contribution in [0.4, 0.5) is 0 Å².